The summed E-state index contributed by atoms with van der Waals surface area (Å²) in [5, 5.41) is 17.1. The van der Waals surface area contributed by atoms with Gasteiger partial charge in [-0.3, -0.25) is 0 Å². The number of nitrogens with zero attached hydrogens (tertiary/aromatic N) is 1. The summed E-state index contributed by atoms with van der Waals surface area (Å²) in [4.78, 5) is 0. The largest absolute Gasteiger partial charge is 0.457 e. The fraction of sp³-hybridized carbons (Fsp3) is 0.0179. The summed E-state index contributed by atoms with van der Waals surface area (Å²) in [6.45, 7) is 0. The van der Waals surface area contributed by atoms with Gasteiger partial charge in [0.2, 0.25) is 0 Å². The van der Waals surface area contributed by atoms with Crippen molar-refractivity contribution in [1.29, 1.82) is 5.26 Å². The molecule has 0 unspecified atom stereocenters. The molecule has 12 rings (SSSR count). The number of hydrogen-bond acceptors (Lipinski definition) is 2. The van der Waals surface area contributed by atoms with Gasteiger partial charge >= 0.3 is 0 Å². The van der Waals surface area contributed by atoms with E-state index >= 15 is 0 Å². The highest BCUT2D eigenvalue weighted by Gasteiger charge is 2.51. The zero-order valence-corrected chi connectivity index (χ0v) is 31.4. The third-order valence-electron chi connectivity index (χ3n) is 12.5. The molecule has 0 bridgehead atoms. The van der Waals surface area contributed by atoms with Crippen LogP contribution in [0.15, 0.2) is 200 Å². The molecule has 10 aromatic carbocycles. The van der Waals surface area contributed by atoms with E-state index < -0.39 is 5.41 Å². The van der Waals surface area contributed by atoms with Crippen molar-refractivity contribution in [3.8, 4) is 62.1 Å². The van der Waals surface area contributed by atoms with E-state index in [0.29, 0.717) is 5.56 Å². The quantitative estimate of drug-likeness (QED) is 0.169. The van der Waals surface area contributed by atoms with Crippen molar-refractivity contribution >= 4 is 32.3 Å². The molecule has 10 aromatic rings. The maximum Gasteiger partial charge on any atom is 0.132 e. The summed E-state index contributed by atoms with van der Waals surface area (Å²) >= 11 is 0. The van der Waals surface area contributed by atoms with Gasteiger partial charge in [-0.2, -0.15) is 5.26 Å². The van der Waals surface area contributed by atoms with Crippen molar-refractivity contribution in [1.82, 2.24) is 0 Å². The zero-order chi connectivity index (χ0) is 38.4. The Balaban J connectivity index is 1.18. The number of rotatable bonds is 3. The lowest BCUT2D eigenvalue weighted by Gasteiger charge is -2.39. The van der Waals surface area contributed by atoms with Gasteiger partial charge in [0.25, 0.3) is 0 Å². The van der Waals surface area contributed by atoms with Crippen molar-refractivity contribution in [2.45, 2.75) is 5.41 Å². The second-order valence-corrected chi connectivity index (χ2v) is 15.4. The lowest BCUT2D eigenvalue weighted by atomic mass is 9.66. The van der Waals surface area contributed by atoms with Crippen LogP contribution < -0.4 is 4.74 Å². The fourth-order valence-corrected chi connectivity index (χ4v) is 10.2. The first-order valence-electron chi connectivity index (χ1n) is 19.8. The van der Waals surface area contributed by atoms with Crippen LogP contribution in [-0.2, 0) is 5.41 Å². The summed E-state index contributed by atoms with van der Waals surface area (Å²) in [5.74, 6) is 1.74. The standard InChI is InChI=1S/C56H33NO/c57-34-35-24-26-37(27-25-35)41-18-11-21-50-55(41)46-33-40(30-31-47(46)56(50)48-19-7-9-22-51(48)58-52-23-10-8-20-49(52)56)54-44-16-5-3-14-42(44)53(43-15-4-6-17-45(43)54)39-29-28-36-12-1-2-13-38(36)32-39/h1-33H. The Hall–Kier alpha value is -7.73. The van der Waals surface area contributed by atoms with Gasteiger partial charge in [-0.05, 0) is 124 Å². The topological polar surface area (TPSA) is 33.0 Å². The first-order chi connectivity index (χ1) is 28.7. The smallest absolute Gasteiger partial charge is 0.132 e. The predicted molar refractivity (Wildman–Crippen MR) is 237 cm³/mol. The van der Waals surface area contributed by atoms with Crippen LogP contribution in [0.25, 0.3) is 76.8 Å². The molecule has 1 heterocycles. The molecule has 1 aliphatic heterocycles. The number of para-hydroxylation sites is 2. The number of fused-ring (bicyclic) bond motifs is 12. The van der Waals surface area contributed by atoms with E-state index in [1.54, 1.807) is 0 Å². The minimum atomic E-state index is -0.610. The van der Waals surface area contributed by atoms with Crippen molar-refractivity contribution < 1.29 is 4.74 Å². The number of benzene rings is 10. The number of ether oxygens (including phenoxy) is 1. The van der Waals surface area contributed by atoms with E-state index in [2.05, 4.69) is 194 Å². The minimum absolute atomic E-state index is 0.610. The van der Waals surface area contributed by atoms with Crippen molar-refractivity contribution in [2.75, 3.05) is 0 Å². The van der Waals surface area contributed by atoms with Gasteiger partial charge in [0.1, 0.15) is 11.5 Å². The van der Waals surface area contributed by atoms with Crippen LogP contribution in [0.5, 0.6) is 11.5 Å². The van der Waals surface area contributed by atoms with Crippen LogP contribution >= 0.6 is 0 Å². The third kappa shape index (κ3) is 4.47. The average molecular weight is 736 g/mol. The van der Waals surface area contributed by atoms with E-state index in [1.807, 2.05) is 12.1 Å². The summed E-state index contributed by atoms with van der Waals surface area (Å²) < 4.78 is 6.66. The molecule has 0 fully saturated rings. The Morgan fingerprint density at radius 1 is 0.362 bits per heavy atom. The summed E-state index contributed by atoms with van der Waals surface area (Å²) in [7, 11) is 0. The Kier molecular flexibility index (Phi) is 6.94. The van der Waals surface area contributed by atoms with Gasteiger partial charge in [-0.15, -0.1) is 0 Å². The highest BCUT2D eigenvalue weighted by molar-refractivity contribution is 6.22. The zero-order valence-electron chi connectivity index (χ0n) is 31.4. The van der Waals surface area contributed by atoms with Crippen LogP contribution in [0.1, 0.15) is 27.8 Å². The lowest BCUT2D eigenvalue weighted by molar-refractivity contribution is 0.436. The van der Waals surface area contributed by atoms with Gasteiger partial charge in [-0.1, -0.05) is 164 Å². The summed E-state index contributed by atoms with van der Waals surface area (Å²) in [5.41, 5.74) is 14.3. The second kappa shape index (κ2) is 12.4. The Labute approximate surface area is 336 Å². The van der Waals surface area contributed by atoms with Crippen LogP contribution in [0.3, 0.4) is 0 Å². The molecule has 0 saturated heterocycles. The van der Waals surface area contributed by atoms with Crippen LogP contribution in [-0.4, -0.2) is 0 Å². The van der Waals surface area contributed by atoms with E-state index in [9.17, 15) is 5.26 Å². The minimum Gasteiger partial charge on any atom is -0.457 e. The van der Waals surface area contributed by atoms with Crippen molar-refractivity contribution in [3.05, 3.63) is 228 Å². The van der Waals surface area contributed by atoms with Crippen molar-refractivity contribution in [3.63, 3.8) is 0 Å². The molecular weight excluding hydrogens is 703 g/mol. The third-order valence-corrected chi connectivity index (χ3v) is 12.5. The monoisotopic (exact) mass is 735 g/mol. The maximum atomic E-state index is 9.69. The van der Waals surface area contributed by atoms with Gasteiger partial charge in [-0.25, -0.2) is 0 Å². The van der Waals surface area contributed by atoms with Gasteiger partial charge < -0.3 is 4.74 Å². The molecule has 0 N–H and O–H groups in total. The van der Waals surface area contributed by atoms with E-state index in [4.69, 9.17) is 4.74 Å². The molecule has 0 saturated carbocycles. The molecule has 1 aliphatic carbocycles. The molecular formula is C56H33NO. The SMILES string of the molecule is N#Cc1ccc(-c2cccc3c2-c2cc(-c4c5ccccc5c(-c5ccc6ccccc6c5)c5ccccc45)ccc2C32c3ccccc3Oc3ccccc32)cc1. The molecule has 2 aliphatic rings. The molecule has 2 nitrogen and oxygen atoms in total. The lowest BCUT2D eigenvalue weighted by Crippen LogP contribution is -2.32. The molecule has 2 heteroatoms. The van der Waals surface area contributed by atoms with Gasteiger partial charge in [0.15, 0.2) is 0 Å². The molecule has 0 atom stereocenters. The van der Waals surface area contributed by atoms with E-state index in [-0.39, 0.29) is 0 Å². The van der Waals surface area contributed by atoms with E-state index in [0.717, 1.165) is 33.8 Å². The first-order valence-corrected chi connectivity index (χ1v) is 19.8. The van der Waals surface area contributed by atoms with Crippen molar-refractivity contribution in [2.24, 2.45) is 0 Å². The molecule has 0 radical (unpaired) electrons. The van der Waals surface area contributed by atoms with Gasteiger partial charge in [0, 0.05) is 11.1 Å². The van der Waals surface area contributed by atoms with Crippen LogP contribution in [0.2, 0.25) is 0 Å². The molecule has 0 aromatic heterocycles. The maximum absolute atomic E-state index is 9.69. The molecule has 0 amide bonds. The van der Waals surface area contributed by atoms with E-state index in [1.165, 1.54) is 76.8 Å². The molecule has 58 heavy (non-hydrogen) atoms. The number of hydrogen-bond donors (Lipinski definition) is 0. The Morgan fingerprint density at radius 3 is 1.52 bits per heavy atom. The van der Waals surface area contributed by atoms with Crippen LogP contribution in [0.4, 0.5) is 0 Å². The predicted octanol–water partition coefficient (Wildman–Crippen LogP) is 14.5. The van der Waals surface area contributed by atoms with Crippen LogP contribution in [0, 0.1) is 11.3 Å². The molecule has 268 valence electrons. The summed E-state index contributed by atoms with van der Waals surface area (Å²) in [6.07, 6.45) is 0. The second-order valence-electron chi connectivity index (χ2n) is 15.4. The fourth-order valence-electron chi connectivity index (χ4n) is 10.2. The number of nitriles is 1. The summed E-state index contributed by atoms with van der Waals surface area (Å²) in [6, 6.07) is 74.5. The highest BCUT2D eigenvalue weighted by atomic mass is 16.5. The first kappa shape index (κ1) is 32.5. The average Bonchev–Trinajstić information content (AvgIpc) is 3.58. The Morgan fingerprint density at radius 2 is 0.879 bits per heavy atom. The molecule has 1 spiro atoms. The van der Waals surface area contributed by atoms with Gasteiger partial charge in [0.05, 0.1) is 17.0 Å². The highest BCUT2D eigenvalue weighted by Crippen LogP contribution is 2.64. The normalized spacial score (nSPS) is 13.1. The Bertz CT molecular complexity index is 3280.